The van der Waals surface area contributed by atoms with Crippen molar-refractivity contribution in [3.05, 3.63) is 12.2 Å². The van der Waals surface area contributed by atoms with Gasteiger partial charge in [-0.15, -0.1) is 0 Å². The van der Waals surface area contributed by atoms with Crippen LogP contribution in [-0.4, -0.2) is 11.1 Å². The summed E-state index contributed by atoms with van der Waals surface area (Å²) in [5, 5.41) is 8.52. The summed E-state index contributed by atoms with van der Waals surface area (Å²) >= 11 is 0. The Hall–Kier alpha value is -0.790. The van der Waals surface area contributed by atoms with Gasteiger partial charge in [0.05, 0.1) is 6.42 Å². The number of carboxylic acid groups (broad SMARTS) is 1. The van der Waals surface area contributed by atoms with Crippen LogP contribution in [0.1, 0.15) is 53.9 Å². The van der Waals surface area contributed by atoms with E-state index in [9.17, 15) is 4.79 Å². The van der Waals surface area contributed by atoms with Crippen LogP contribution in [0.4, 0.5) is 0 Å². The molecule has 2 nitrogen and oxygen atoms in total. The van der Waals surface area contributed by atoms with Crippen LogP contribution in [0, 0.1) is 17.3 Å². The average molecular weight is 226 g/mol. The molecule has 0 aromatic heterocycles. The van der Waals surface area contributed by atoms with Gasteiger partial charge in [0.2, 0.25) is 0 Å². The Morgan fingerprint density at radius 3 is 2.31 bits per heavy atom. The van der Waals surface area contributed by atoms with Gasteiger partial charge in [0.15, 0.2) is 0 Å². The van der Waals surface area contributed by atoms with Crippen molar-refractivity contribution in [2.45, 2.75) is 53.9 Å². The van der Waals surface area contributed by atoms with Gasteiger partial charge in [-0.25, -0.2) is 0 Å². The molecule has 2 heteroatoms. The molecule has 0 aromatic carbocycles. The zero-order valence-electron chi connectivity index (χ0n) is 11.3. The first-order chi connectivity index (χ1) is 7.44. The third-order valence-electron chi connectivity index (χ3n) is 3.80. The van der Waals surface area contributed by atoms with E-state index >= 15 is 0 Å². The molecule has 1 aliphatic carbocycles. The average Bonchev–Trinajstić information content (AvgIpc) is 2.47. The molecule has 0 aliphatic heterocycles. The van der Waals surface area contributed by atoms with Gasteiger partial charge in [0, 0.05) is 0 Å². The molecular formula is C14H26O2. The topological polar surface area (TPSA) is 37.3 Å². The molecule has 0 spiro atoms. The zero-order chi connectivity index (χ0) is 12.8. The summed E-state index contributed by atoms with van der Waals surface area (Å²) in [5.74, 6) is 0.545. The Balaban J connectivity index is 0.00000106. The van der Waals surface area contributed by atoms with Gasteiger partial charge < -0.3 is 5.11 Å². The van der Waals surface area contributed by atoms with Gasteiger partial charge in [-0.1, -0.05) is 46.8 Å². The Morgan fingerprint density at radius 2 is 1.94 bits per heavy atom. The summed E-state index contributed by atoms with van der Waals surface area (Å²) in [5.41, 5.74) is 0.328. The largest absolute Gasteiger partial charge is 0.481 e. The number of carboxylic acids is 1. The lowest BCUT2D eigenvalue weighted by Crippen LogP contribution is -2.21. The highest BCUT2D eigenvalue weighted by Gasteiger charge is 2.38. The molecule has 94 valence electrons. The first kappa shape index (κ1) is 15.2. The summed E-state index contributed by atoms with van der Waals surface area (Å²) < 4.78 is 0. The normalized spacial score (nSPS) is 27.6. The fourth-order valence-electron chi connectivity index (χ4n) is 2.22. The Morgan fingerprint density at radius 1 is 1.38 bits per heavy atom. The predicted molar refractivity (Wildman–Crippen MR) is 68.4 cm³/mol. The van der Waals surface area contributed by atoms with E-state index in [1.165, 1.54) is 12.8 Å². The molecule has 2 atom stereocenters. The highest BCUT2D eigenvalue weighted by molar-refractivity contribution is 5.68. The number of aliphatic carboxylic acids is 1. The third-order valence-corrected chi connectivity index (χ3v) is 3.80. The molecule has 1 saturated carbocycles. The summed E-state index contributed by atoms with van der Waals surface area (Å²) in [6.45, 7) is 10.8. The highest BCUT2D eigenvalue weighted by Crippen LogP contribution is 2.47. The summed E-state index contributed by atoms with van der Waals surface area (Å²) in [7, 11) is 0. The second-order valence-electron chi connectivity index (χ2n) is 4.93. The number of hydrogen-bond donors (Lipinski definition) is 1. The van der Waals surface area contributed by atoms with Gasteiger partial charge in [-0.3, -0.25) is 4.79 Å². The second kappa shape index (κ2) is 6.72. The summed E-state index contributed by atoms with van der Waals surface area (Å²) in [6, 6.07) is 0. The molecule has 0 bridgehead atoms. The fourth-order valence-corrected chi connectivity index (χ4v) is 2.22. The van der Waals surface area contributed by atoms with Crippen LogP contribution in [0.2, 0.25) is 0 Å². The van der Waals surface area contributed by atoms with Gasteiger partial charge in [0.25, 0.3) is 0 Å². The lowest BCUT2D eigenvalue weighted by Gasteiger charge is -2.29. The molecule has 0 heterocycles. The van der Waals surface area contributed by atoms with Crippen molar-refractivity contribution in [2.24, 2.45) is 17.3 Å². The van der Waals surface area contributed by atoms with Crippen molar-refractivity contribution < 1.29 is 9.90 Å². The van der Waals surface area contributed by atoms with Gasteiger partial charge in [-0.2, -0.15) is 0 Å². The standard InChI is InChI=1S/C12H20O2.C2H6/c1-9-7-8-10(12(9,2)3)5-4-6-11(13)14;1-2/h4-5,9-10H,6-8H2,1-3H3,(H,13,14);1-2H3/b5-4+;. The molecule has 2 unspecified atom stereocenters. The first-order valence-corrected chi connectivity index (χ1v) is 6.33. The Bertz CT molecular complexity index is 241. The van der Waals surface area contributed by atoms with Crippen LogP contribution in [-0.2, 0) is 4.79 Å². The van der Waals surface area contributed by atoms with Crippen molar-refractivity contribution in [1.29, 1.82) is 0 Å². The predicted octanol–water partition coefficient (Wildman–Crippen LogP) is 4.12. The fraction of sp³-hybridized carbons (Fsp3) is 0.786. The van der Waals surface area contributed by atoms with Crippen LogP contribution >= 0.6 is 0 Å². The zero-order valence-corrected chi connectivity index (χ0v) is 11.3. The second-order valence-corrected chi connectivity index (χ2v) is 4.93. The third kappa shape index (κ3) is 3.99. The maximum Gasteiger partial charge on any atom is 0.307 e. The Kier molecular flexibility index (Phi) is 6.39. The highest BCUT2D eigenvalue weighted by atomic mass is 16.4. The number of carbonyl (C=O) groups is 1. The monoisotopic (exact) mass is 226 g/mol. The first-order valence-electron chi connectivity index (χ1n) is 6.33. The van der Waals surface area contributed by atoms with Crippen molar-refractivity contribution in [1.82, 2.24) is 0 Å². The summed E-state index contributed by atoms with van der Waals surface area (Å²) in [6.07, 6.45) is 6.50. The van der Waals surface area contributed by atoms with Crippen LogP contribution in [0.5, 0.6) is 0 Å². The molecule has 0 amide bonds. The molecular weight excluding hydrogens is 200 g/mol. The maximum absolute atomic E-state index is 10.3. The van der Waals surface area contributed by atoms with E-state index in [1.54, 1.807) is 6.08 Å². The van der Waals surface area contributed by atoms with Crippen molar-refractivity contribution >= 4 is 5.97 Å². The molecule has 0 aromatic rings. The van der Waals surface area contributed by atoms with Crippen LogP contribution < -0.4 is 0 Å². The minimum Gasteiger partial charge on any atom is -0.481 e. The van der Waals surface area contributed by atoms with Gasteiger partial charge in [-0.05, 0) is 30.1 Å². The van der Waals surface area contributed by atoms with E-state index in [1.807, 2.05) is 13.8 Å². The molecule has 1 fully saturated rings. The van der Waals surface area contributed by atoms with E-state index in [2.05, 4.69) is 26.8 Å². The van der Waals surface area contributed by atoms with E-state index in [0.717, 1.165) is 5.92 Å². The molecule has 16 heavy (non-hydrogen) atoms. The number of rotatable bonds is 3. The minimum atomic E-state index is -0.745. The molecule has 1 rings (SSSR count). The molecule has 1 aliphatic rings. The van der Waals surface area contributed by atoms with E-state index < -0.39 is 5.97 Å². The van der Waals surface area contributed by atoms with Crippen LogP contribution in [0.15, 0.2) is 12.2 Å². The van der Waals surface area contributed by atoms with Crippen molar-refractivity contribution in [3.63, 3.8) is 0 Å². The van der Waals surface area contributed by atoms with Crippen molar-refractivity contribution in [3.8, 4) is 0 Å². The van der Waals surface area contributed by atoms with Gasteiger partial charge in [0.1, 0.15) is 0 Å². The quantitative estimate of drug-likeness (QED) is 0.735. The van der Waals surface area contributed by atoms with Crippen LogP contribution in [0.3, 0.4) is 0 Å². The minimum absolute atomic E-state index is 0.154. The maximum atomic E-state index is 10.3. The smallest absolute Gasteiger partial charge is 0.307 e. The number of hydrogen-bond acceptors (Lipinski definition) is 1. The van der Waals surface area contributed by atoms with Crippen molar-refractivity contribution in [2.75, 3.05) is 0 Å². The summed E-state index contributed by atoms with van der Waals surface area (Å²) in [4.78, 5) is 10.3. The van der Waals surface area contributed by atoms with Crippen LogP contribution in [0.25, 0.3) is 0 Å². The Labute approximate surface area is 99.7 Å². The van der Waals surface area contributed by atoms with E-state index in [-0.39, 0.29) is 6.42 Å². The molecule has 0 radical (unpaired) electrons. The van der Waals surface area contributed by atoms with E-state index in [0.29, 0.717) is 11.3 Å². The van der Waals surface area contributed by atoms with Gasteiger partial charge >= 0.3 is 5.97 Å². The SMILES string of the molecule is CC.CC1CCC(/C=C/CC(=O)O)C1(C)C. The lowest BCUT2D eigenvalue weighted by molar-refractivity contribution is -0.136. The number of allylic oxidation sites excluding steroid dienone is 1. The molecule has 1 N–H and O–H groups in total. The van der Waals surface area contributed by atoms with E-state index in [4.69, 9.17) is 5.11 Å². The lowest BCUT2D eigenvalue weighted by atomic mass is 9.76. The molecule has 0 saturated heterocycles.